The van der Waals surface area contributed by atoms with E-state index in [1.807, 2.05) is 6.92 Å². The Morgan fingerprint density at radius 2 is 1.63 bits per heavy atom. The molecule has 0 fully saturated rings. The lowest BCUT2D eigenvalue weighted by atomic mass is 9.91. The van der Waals surface area contributed by atoms with Crippen LogP contribution in [-0.4, -0.2) is 28.4 Å². The molecule has 0 heterocycles. The van der Waals surface area contributed by atoms with Crippen molar-refractivity contribution in [2.75, 3.05) is 6.61 Å². The number of fused-ring (bicyclic) bond motifs is 1. The molecule has 1 aromatic rings. The summed E-state index contributed by atoms with van der Waals surface area (Å²) in [5.41, 5.74) is -0.570. The molecule has 0 saturated carbocycles. The molecule has 0 atom stereocenters. The number of carbonyl (C=O) groups is 2. The van der Waals surface area contributed by atoms with Crippen LogP contribution in [0.2, 0.25) is 0 Å². The summed E-state index contributed by atoms with van der Waals surface area (Å²) in [5, 5.41) is 19.0. The average Bonchev–Trinajstić information content (AvgIpc) is 2.38. The highest BCUT2D eigenvalue weighted by Gasteiger charge is 2.37. The highest BCUT2D eigenvalue weighted by molar-refractivity contribution is 6.50. The largest absolute Gasteiger partial charge is 0.507 e. The van der Waals surface area contributed by atoms with Crippen LogP contribution in [0.5, 0.6) is 11.5 Å². The zero-order valence-corrected chi connectivity index (χ0v) is 10.8. The molecule has 0 amide bonds. The average molecular weight is 283 g/mol. The Balaban J connectivity index is 2.61. The summed E-state index contributed by atoms with van der Waals surface area (Å²) in [4.78, 5) is 24.2. The fraction of sp³-hybridized carbons (Fsp3) is 0.231. The summed E-state index contributed by atoms with van der Waals surface area (Å²) in [6.07, 6.45) is 0.633. The molecule has 100 valence electrons. The second-order valence-corrected chi connectivity index (χ2v) is 4.38. The van der Waals surface area contributed by atoms with Gasteiger partial charge in [-0.25, -0.2) is 0 Å². The van der Waals surface area contributed by atoms with Crippen LogP contribution < -0.4 is 0 Å². The second kappa shape index (κ2) is 4.93. The van der Waals surface area contributed by atoms with Crippen molar-refractivity contribution in [1.82, 2.24) is 0 Å². The van der Waals surface area contributed by atoms with Crippen molar-refractivity contribution in [2.24, 2.45) is 0 Å². The van der Waals surface area contributed by atoms with Crippen molar-refractivity contribution in [3.63, 3.8) is 0 Å². The van der Waals surface area contributed by atoms with Crippen LogP contribution in [0.3, 0.4) is 0 Å². The van der Waals surface area contributed by atoms with E-state index in [-0.39, 0.29) is 28.5 Å². The minimum atomic E-state index is -0.740. The van der Waals surface area contributed by atoms with Crippen molar-refractivity contribution in [2.45, 2.75) is 13.3 Å². The third-order valence-electron chi connectivity index (χ3n) is 2.67. The molecule has 1 aliphatic rings. The standard InChI is InChI=1S/C13H11ClO5/c1-2-5-19-13-10(14)11(17)8-6(15)3-4-7(16)9(8)12(13)18/h3-4,15-16H,2,5H2,1H3. The number of benzene rings is 1. The first-order valence-electron chi connectivity index (χ1n) is 5.66. The molecular weight excluding hydrogens is 272 g/mol. The normalized spacial score (nSPS) is 14.6. The molecule has 0 spiro atoms. The number of hydrogen-bond donors (Lipinski definition) is 2. The van der Waals surface area contributed by atoms with E-state index in [0.717, 1.165) is 12.1 Å². The maximum Gasteiger partial charge on any atom is 0.233 e. The third kappa shape index (κ3) is 2.06. The number of phenols is 2. The Bertz CT molecular complexity index is 603. The van der Waals surface area contributed by atoms with E-state index in [4.69, 9.17) is 16.3 Å². The SMILES string of the molecule is CCCOC1=C(Cl)C(=O)c2c(O)ccc(O)c2C1=O. The predicted octanol–water partition coefficient (Wildman–Crippen LogP) is 2.35. The molecule has 0 bridgehead atoms. The highest BCUT2D eigenvalue weighted by Crippen LogP contribution is 2.38. The van der Waals surface area contributed by atoms with Crippen molar-refractivity contribution < 1.29 is 24.5 Å². The van der Waals surface area contributed by atoms with Crippen LogP contribution in [0.1, 0.15) is 34.1 Å². The van der Waals surface area contributed by atoms with Gasteiger partial charge < -0.3 is 14.9 Å². The molecule has 2 N–H and O–H groups in total. The smallest absolute Gasteiger partial charge is 0.233 e. The van der Waals surface area contributed by atoms with Gasteiger partial charge in [-0.05, 0) is 18.6 Å². The van der Waals surface area contributed by atoms with Gasteiger partial charge in [0.15, 0.2) is 5.76 Å². The van der Waals surface area contributed by atoms with Crippen LogP contribution in [0.4, 0.5) is 0 Å². The number of ether oxygens (including phenoxy) is 1. The zero-order valence-electron chi connectivity index (χ0n) is 10.1. The maximum atomic E-state index is 12.2. The van der Waals surface area contributed by atoms with Crippen LogP contribution >= 0.6 is 11.6 Å². The minimum absolute atomic E-state index is 0.222. The van der Waals surface area contributed by atoms with E-state index >= 15 is 0 Å². The summed E-state index contributed by atoms with van der Waals surface area (Å²) in [5.74, 6) is -2.54. The van der Waals surface area contributed by atoms with Crippen LogP contribution in [0.15, 0.2) is 22.9 Å². The van der Waals surface area contributed by atoms with Gasteiger partial charge >= 0.3 is 0 Å². The van der Waals surface area contributed by atoms with Gasteiger partial charge in [-0.3, -0.25) is 9.59 Å². The molecule has 6 heteroatoms. The number of ketones is 2. The molecule has 0 aromatic heterocycles. The van der Waals surface area contributed by atoms with E-state index < -0.39 is 23.1 Å². The van der Waals surface area contributed by atoms with Gasteiger partial charge in [0, 0.05) is 0 Å². The van der Waals surface area contributed by atoms with Crippen molar-refractivity contribution in [1.29, 1.82) is 0 Å². The van der Waals surface area contributed by atoms with Gasteiger partial charge in [0.1, 0.15) is 16.5 Å². The maximum absolute atomic E-state index is 12.2. The lowest BCUT2D eigenvalue weighted by Gasteiger charge is -2.19. The van der Waals surface area contributed by atoms with Gasteiger partial charge in [-0.1, -0.05) is 18.5 Å². The first-order valence-corrected chi connectivity index (χ1v) is 6.03. The van der Waals surface area contributed by atoms with Crippen molar-refractivity contribution in [3.8, 4) is 11.5 Å². The molecule has 1 aromatic carbocycles. The van der Waals surface area contributed by atoms with E-state index in [1.54, 1.807) is 0 Å². The Kier molecular flexibility index (Phi) is 3.48. The number of carbonyl (C=O) groups excluding carboxylic acids is 2. The summed E-state index contributed by atoms with van der Waals surface area (Å²) in [6.45, 7) is 2.06. The van der Waals surface area contributed by atoms with E-state index in [2.05, 4.69) is 0 Å². The molecule has 19 heavy (non-hydrogen) atoms. The number of rotatable bonds is 3. The summed E-state index contributed by atoms with van der Waals surface area (Å²) in [6, 6.07) is 2.26. The fourth-order valence-corrected chi connectivity index (χ4v) is 2.03. The minimum Gasteiger partial charge on any atom is -0.507 e. The monoisotopic (exact) mass is 282 g/mol. The highest BCUT2D eigenvalue weighted by atomic mass is 35.5. The topological polar surface area (TPSA) is 83.8 Å². The van der Waals surface area contributed by atoms with Crippen molar-refractivity contribution in [3.05, 3.63) is 34.1 Å². The number of allylic oxidation sites excluding steroid dienone is 2. The second-order valence-electron chi connectivity index (χ2n) is 4.00. The first kappa shape index (κ1) is 13.4. The number of halogens is 1. The molecule has 0 aliphatic heterocycles. The van der Waals surface area contributed by atoms with E-state index in [9.17, 15) is 19.8 Å². The lowest BCUT2D eigenvalue weighted by Crippen LogP contribution is -2.22. The zero-order chi connectivity index (χ0) is 14.2. The Morgan fingerprint density at radius 3 is 2.16 bits per heavy atom. The van der Waals surface area contributed by atoms with Gasteiger partial charge in [0.05, 0.1) is 17.7 Å². The molecule has 2 rings (SSSR count). The van der Waals surface area contributed by atoms with Crippen LogP contribution in [0, 0.1) is 0 Å². The number of phenolic OH excluding ortho intramolecular Hbond substituents is 2. The van der Waals surface area contributed by atoms with Crippen molar-refractivity contribution >= 4 is 23.2 Å². The number of hydrogen-bond acceptors (Lipinski definition) is 5. The predicted molar refractivity (Wildman–Crippen MR) is 67.6 cm³/mol. The van der Waals surface area contributed by atoms with Gasteiger partial charge in [0.25, 0.3) is 0 Å². The molecule has 0 saturated heterocycles. The quantitative estimate of drug-likeness (QED) is 0.832. The van der Waals surface area contributed by atoms with Gasteiger partial charge in [-0.2, -0.15) is 0 Å². The molecule has 0 radical (unpaired) electrons. The molecular formula is C13H11ClO5. The third-order valence-corrected chi connectivity index (χ3v) is 3.01. The van der Waals surface area contributed by atoms with E-state index in [0.29, 0.717) is 6.42 Å². The summed E-state index contributed by atoms with van der Waals surface area (Å²) < 4.78 is 5.16. The Labute approximate surface area is 114 Å². The molecule has 0 unspecified atom stereocenters. The number of aromatic hydroxyl groups is 2. The summed E-state index contributed by atoms with van der Waals surface area (Å²) in [7, 11) is 0. The Morgan fingerprint density at radius 1 is 1.11 bits per heavy atom. The van der Waals surface area contributed by atoms with Crippen LogP contribution in [0.25, 0.3) is 0 Å². The van der Waals surface area contributed by atoms with Gasteiger partial charge in [0.2, 0.25) is 11.6 Å². The van der Waals surface area contributed by atoms with E-state index in [1.165, 1.54) is 0 Å². The molecule has 5 nitrogen and oxygen atoms in total. The van der Waals surface area contributed by atoms with Gasteiger partial charge in [-0.15, -0.1) is 0 Å². The number of Topliss-reactive ketones (excluding diaryl/α,β-unsaturated/α-hetero) is 2. The molecule has 1 aliphatic carbocycles. The first-order chi connectivity index (χ1) is 8.99. The Hall–Kier alpha value is -2.01. The summed E-state index contributed by atoms with van der Waals surface area (Å²) >= 11 is 5.81. The fourth-order valence-electron chi connectivity index (χ4n) is 1.80. The van der Waals surface area contributed by atoms with Crippen LogP contribution in [-0.2, 0) is 4.74 Å². The lowest BCUT2D eigenvalue weighted by molar-refractivity contribution is 0.0874.